The van der Waals surface area contributed by atoms with Gasteiger partial charge in [0.15, 0.2) is 0 Å². The number of hydrogen-bond donors (Lipinski definition) is 1. The largest absolute Gasteiger partial charge is 0.491 e. The lowest BCUT2D eigenvalue weighted by Crippen LogP contribution is -2.41. The van der Waals surface area contributed by atoms with Gasteiger partial charge in [0.05, 0.1) is 5.39 Å². The van der Waals surface area contributed by atoms with Gasteiger partial charge in [0, 0.05) is 24.2 Å². The zero-order valence-corrected chi connectivity index (χ0v) is 20.0. The van der Waals surface area contributed by atoms with Gasteiger partial charge in [-0.05, 0) is 74.5 Å². The summed E-state index contributed by atoms with van der Waals surface area (Å²) in [6.07, 6.45) is 3.14. The molecule has 33 heavy (non-hydrogen) atoms. The van der Waals surface area contributed by atoms with Crippen LogP contribution < -0.4 is 14.9 Å². The van der Waals surface area contributed by atoms with Gasteiger partial charge in [-0.3, -0.25) is 4.79 Å². The average molecular weight is 472 g/mol. The van der Waals surface area contributed by atoms with Crippen LogP contribution in [-0.2, 0) is 0 Å². The SMILES string of the molecule is Cc1cc(Oc2coc3cc(OC[C@H](O)CN4CCC[C@@H](C)C4)ccc3c2=O)cc(C)c1Cl. The summed E-state index contributed by atoms with van der Waals surface area (Å²) in [4.78, 5) is 15.2. The molecule has 0 unspecified atom stereocenters. The number of halogens is 1. The van der Waals surface area contributed by atoms with E-state index in [-0.39, 0.29) is 17.8 Å². The van der Waals surface area contributed by atoms with Crippen LogP contribution in [0.1, 0.15) is 30.9 Å². The summed E-state index contributed by atoms with van der Waals surface area (Å²) in [6.45, 7) is 8.81. The summed E-state index contributed by atoms with van der Waals surface area (Å²) >= 11 is 6.21. The molecule has 2 heterocycles. The van der Waals surface area contributed by atoms with Crippen molar-refractivity contribution in [1.29, 1.82) is 0 Å². The third-order valence-electron chi connectivity index (χ3n) is 6.00. The fraction of sp³-hybridized carbons (Fsp3) is 0.423. The van der Waals surface area contributed by atoms with Gasteiger partial charge in [0.2, 0.25) is 11.2 Å². The number of benzene rings is 2. The van der Waals surface area contributed by atoms with Crippen molar-refractivity contribution >= 4 is 22.6 Å². The molecule has 0 aliphatic carbocycles. The van der Waals surface area contributed by atoms with Crippen LogP contribution in [0, 0.1) is 19.8 Å². The molecule has 2 atom stereocenters. The van der Waals surface area contributed by atoms with Gasteiger partial charge in [-0.2, -0.15) is 0 Å². The topological polar surface area (TPSA) is 72.1 Å². The van der Waals surface area contributed by atoms with Gasteiger partial charge in [0.1, 0.15) is 36.1 Å². The Morgan fingerprint density at radius 2 is 1.97 bits per heavy atom. The van der Waals surface area contributed by atoms with Crippen LogP contribution in [0.15, 0.2) is 45.8 Å². The van der Waals surface area contributed by atoms with E-state index in [0.29, 0.717) is 40.0 Å². The van der Waals surface area contributed by atoms with Crippen LogP contribution in [0.4, 0.5) is 0 Å². The Hall–Kier alpha value is -2.54. The molecule has 1 aliphatic rings. The number of ether oxygens (including phenoxy) is 2. The Bertz CT molecular complexity index is 1170. The Morgan fingerprint density at radius 1 is 1.21 bits per heavy atom. The van der Waals surface area contributed by atoms with Crippen LogP contribution in [0.3, 0.4) is 0 Å². The zero-order valence-electron chi connectivity index (χ0n) is 19.3. The van der Waals surface area contributed by atoms with Crippen molar-refractivity contribution in [3.05, 3.63) is 63.0 Å². The highest BCUT2D eigenvalue weighted by Crippen LogP contribution is 2.29. The molecule has 0 radical (unpaired) electrons. The third kappa shape index (κ3) is 5.69. The Morgan fingerprint density at radius 3 is 2.70 bits per heavy atom. The van der Waals surface area contributed by atoms with Crippen molar-refractivity contribution in [2.75, 3.05) is 26.2 Å². The number of nitrogens with zero attached hydrogens (tertiary/aromatic N) is 1. The average Bonchev–Trinajstić information content (AvgIpc) is 2.78. The molecule has 4 rings (SSSR count). The molecule has 1 N–H and O–H groups in total. The first kappa shape index (κ1) is 23.6. The fourth-order valence-corrected chi connectivity index (χ4v) is 4.45. The molecule has 0 saturated carbocycles. The number of aliphatic hydroxyl groups excluding tert-OH is 1. The van der Waals surface area contributed by atoms with Crippen molar-refractivity contribution in [3.63, 3.8) is 0 Å². The summed E-state index contributed by atoms with van der Waals surface area (Å²) in [6, 6.07) is 8.58. The van der Waals surface area contributed by atoms with Crippen LogP contribution in [0.5, 0.6) is 17.2 Å². The van der Waals surface area contributed by atoms with Gasteiger partial charge < -0.3 is 23.9 Å². The highest BCUT2D eigenvalue weighted by atomic mass is 35.5. The standard InChI is InChI=1S/C26H30ClNO5/c1-16-5-4-8-28(12-16)13-19(29)14-31-20-6-7-22-23(11-20)32-15-24(26(22)30)33-21-9-17(2)25(27)18(3)10-21/h6-7,9-11,15-16,19,29H,4-5,8,12-14H2,1-3H3/t16-,19-/m1/s1. The normalized spacial score (nSPS) is 17.8. The minimum atomic E-state index is -0.583. The minimum absolute atomic E-state index is 0.100. The zero-order chi connectivity index (χ0) is 23.5. The van der Waals surface area contributed by atoms with Gasteiger partial charge in [-0.25, -0.2) is 0 Å². The number of aliphatic hydroxyl groups is 1. The maximum atomic E-state index is 12.9. The van der Waals surface area contributed by atoms with Gasteiger partial charge >= 0.3 is 0 Å². The lowest BCUT2D eigenvalue weighted by Gasteiger charge is -2.32. The number of piperidine rings is 1. The molecule has 2 aromatic carbocycles. The number of β-amino-alcohol motifs (C(OH)–C–C–N with tert-alkyl or cyclic N) is 1. The van der Waals surface area contributed by atoms with Crippen molar-refractivity contribution in [2.24, 2.45) is 5.92 Å². The molecule has 1 saturated heterocycles. The number of likely N-dealkylation sites (tertiary alicyclic amines) is 1. The number of hydrogen-bond acceptors (Lipinski definition) is 6. The summed E-state index contributed by atoms with van der Waals surface area (Å²) in [7, 11) is 0. The maximum absolute atomic E-state index is 12.9. The van der Waals surface area contributed by atoms with Crippen LogP contribution in [-0.4, -0.2) is 42.4 Å². The molecule has 1 aromatic heterocycles. The number of fused-ring (bicyclic) bond motifs is 1. The molecule has 1 aliphatic heterocycles. The lowest BCUT2D eigenvalue weighted by molar-refractivity contribution is 0.0537. The van der Waals surface area contributed by atoms with E-state index in [9.17, 15) is 9.90 Å². The molecule has 0 spiro atoms. The van der Waals surface area contributed by atoms with E-state index >= 15 is 0 Å². The maximum Gasteiger partial charge on any atom is 0.235 e. The van der Waals surface area contributed by atoms with Crippen molar-refractivity contribution in [3.8, 4) is 17.2 Å². The summed E-state index contributed by atoms with van der Waals surface area (Å²) in [5.41, 5.74) is 1.87. The molecule has 1 fully saturated rings. The van der Waals surface area contributed by atoms with E-state index in [1.807, 2.05) is 13.8 Å². The second-order valence-corrected chi connectivity index (χ2v) is 9.41. The lowest BCUT2D eigenvalue weighted by atomic mass is 10.0. The van der Waals surface area contributed by atoms with Gasteiger partial charge in [-0.15, -0.1) is 0 Å². The Kier molecular flexibility index (Phi) is 7.27. The summed E-state index contributed by atoms with van der Waals surface area (Å²) in [5, 5.41) is 11.4. The Balaban J connectivity index is 1.43. The van der Waals surface area contributed by atoms with Crippen molar-refractivity contribution < 1.29 is 19.0 Å². The Labute approximate surface area is 198 Å². The van der Waals surface area contributed by atoms with Crippen molar-refractivity contribution in [2.45, 2.75) is 39.7 Å². The van der Waals surface area contributed by atoms with Gasteiger partial charge in [0.25, 0.3) is 0 Å². The van der Waals surface area contributed by atoms with E-state index in [0.717, 1.165) is 24.2 Å². The molecule has 0 bridgehead atoms. The van der Waals surface area contributed by atoms with Crippen LogP contribution in [0.2, 0.25) is 5.02 Å². The first-order valence-corrected chi connectivity index (χ1v) is 11.7. The summed E-state index contributed by atoms with van der Waals surface area (Å²) in [5.74, 6) is 1.83. The second-order valence-electron chi connectivity index (χ2n) is 9.03. The quantitative estimate of drug-likeness (QED) is 0.502. The predicted molar refractivity (Wildman–Crippen MR) is 130 cm³/mol. The molecule has 3 aromatic rings. The third-order valence-corrected chi connectivity index (χ3v) is 6.60. The monoisotopic (exact) mass is 471 g/mol. The summed E-state index contributed by atoms with van der Waals surface area (Å²) < 4.78 is 17.2. The van der Waals surface area contributed by atoms with E-state index in [1.165, 1.54) is 19.1 Å². The second kappa shape index (κ2) is 10.2. The smallest absolute Gasteiger partial charge is 0.235 e. The number of aryl methyl sites for hydroxylation is 2. The number of rotatable bonds is 7. The minimum Gasteiger partial charge on any atom is -0.491 e. The predicted octanol–water partition coefficient (Wildman–Crippen LogP) is 5.33. The van der Waals surface area contributed by atoms with Crippen LogP contribution in [0.25, 0.3) is 11.0 Å². The highest BCUT2D eigenvalue weighted by molar-refractivity contribution is 6.32. The molecule has 7 heteroatoms. The van der Waals surface area contributed by atoms with E-state index < -0.39 is 6.10 Å². The van der Waals surface area contributed by atoms with E-state index in [1.54, 1.807) is 30.3 Å². The molecule has 6 nitrogen and oxygen atoms in total. The highest BCUT2D eigenvalue weighted by Gasteiger charge is 2.19. The van der Waals surface area contributed by atoms with Crippen LogP contribution >= 0.6 is 11.6 Å². The molecular formula is C26H30ClNO5. The molecule has 0 amide bonds. The van der Waals surface area contributed by atoms with Gasteiger partial charge in [-0.1, -0.05) is 18.5 Å². The van der Waals surface area contributed by atoms with E-state index in [2.05, 4.69) is 11.8 Å². The van der Waals surface area contributed by atoms with E-state index in [4.69, 9.17) is 25.5 Å². The molecular weight excluding hydrogens is 442 g/mol. The first-order valence-electron chi connectivity index (χ1n) is 11.3. The first-order chi connectivity index (χ1) is 15.8. The molecule has 176 valence electrons. The van der Waals surface area contributed by atoms with Crippen molar-refractivity contribution in [1.82, 2.24) is 4.90 Å². The fourth-order valence-electron chi connectivity index (χ4n) is 4.34.